The smallest absolute Gasteiger partial charge is 0.374 e. The van der Waals surface area contributed by atoms with E-state index >= 15 is 0 Å². The summed E-state index contributed by atoms with van der Waals surface area (Å²) in [6.45, 7) is 2.28. The predicted octanol–water partition coefficient (Wildman–Crippen LogP) is 2.24. The van der Waals surface area contributed by atoms with Gasteiger partial charge in [0, 0.05) is 6.54 Å². The largest absolute Gasteiger partial charge is 0.406 e. The Hall–Kier alpha value is -0.290. The van der Waals surface area contributed by atoms with E-state index in [2.05, 4.69) is 5.32 Å². The summed E-state index contributed by atoms with van der Waals surface area (Å²) in [6.07, 6.45) is -1.74. The van der Waals surface area contributed by atoms with E-state index in [1.165, 1.54) is 0 Å². The molecule has 2 atom stereocenters. The van der Waals surface area contributed by atoms with Gasteiger partial charge in [-0.05, 0) is 32.6 Å². The molecule has 1 aliphatic carbocycles. The minimum absolute atomic E-state index is 0.0418. The van der Waals surface area contributed by atoms with E-state index in [1.54, 1.807) is 0 Å². The summed E-state index contributed by atoms with van der Waals surface area (Å²) < 4.78 is 43.1. The highest BCUT2D eigenvalue weighted by atomic mass is 19.4. The number of halogens is 3. The van der Waals surface area contributed by atoms with Crippen LogP contribution in [0.4, 0.5) is 13.2 Å². The van der Waals surface area contributed by atoms with Crippen molar-refractivity contribution in [1.82, 2.24) is 5.32 Å². The van der Waals surface area contributed by atoms with Crippen LogP contribution in [-0.2, 0) is 4.74 Å². The summed E-state index contributed by atoms with van der Waals surface area (Å²) in [4.78, 5) is 0. The fourth-order valence-corrected chi connectivity index (χ4v) is 2.03. The second-order valence-corrected chi connectivity index (χ2v) is 4.61. The van der Waals surface area contributed by atoms with Crippen molar-refractivity contribution in [3.8, 4) is 0 Å². The maximum atomic E-state index is 12.5. The van der Waals surface area contributed by atoms with Crippen molar-refractivity contribution in [2.75, 3.05) is 6.54 Å². The number of ether oxygens (including phenoxy) is 1. The van der Waals surface area contributed by atoms with Crippen LogP contribution in [0.5, 0.6) is 0 Å². The third kappa shape index (κ3) is 2.28. The van der Waals surface area contributed by atoms with Crippen LogP contribution in [0.1, 0.15) is 32.6 Å². The molecule has 0 aromatic heterocycles. The third-order valence-corrected chi connectivity index (χ3v) is 3.28. The number of nitrogens with one attached hydrogen (secondary N) is 1. The Labute approximate surface area is 87.2 Å². The lowest BCUT2D eigenvalue weighted by molar-refractivity contribution is -0.167. The van der Waals surface area contributed by atoms with E-state index in [0.717, 1.165) is 12.8 Å². The van der Waals surface area contributed by atoms with Crippen molar-refractivity contribution in [3.05, 3.63) is 0 Å². The molecular weight excluding hydrogens is 207 g/mol. The first kappa shape index (κ1) is 11.2. The van der Waals surface area contributed by atoms with Crippen molar-refractivity contribution < 1.29 is 17.9 Å². The lowest BCUT2D eigenvalue weighted by Crippen LogP contribution is -2.47. The van der Waals surface area contributed by atoms with Crippen molar-refractivity contribution in [2.24, 2.45) is 0 Å². The summed E-state index contributed by atoms with van der Waals surface area (Å²) in [6, 6.07) is 0. The molecule has 2 rings (SSSR count). The lowest BCUT2D eigenvalue weighted by atomic mass is 10.2. The first-order chi connectivity index (χ1) is 6.93. The topological polar surface area (TPSA) is 21.3 Å². The highest BCUT2D eigenvalue weighted by molar-refractivity contribution is 5.08. The van der Waals surface area contributed by atoms with Crippen molar-refractivity contribution in [3.63, 3.8) is 0 Å². The molecule has 5 heteroatoms. The van der Waals surface area contributed by atoms with E-state index in [4.69, 9.17) is 4.74 Å². The zero-order chi connectivity index (χ0) is 11.1. The molecular formula is C10H16F3NO. The molecule has 0 bridgehead atoms. The minimum Gasteiger partial charge on any atom is -0.374 e. The summed E-state index contributed by atoms with van der Waals surface area (Å²) >= 11 is 0. The van der Waals surface area contributed by atoms with Gasteiger partial charge in [0.1, 0.15) is 5.54 Å². The van der Waals surface area contributed by atoms with Crippen LogP contribution in [0.3, 0.4) is 0 Å². The average molecular weight is 223 g/mol. The molecule has 0 aromatic carbocycles. The molecule has 2 nitrogen and oxygen atoms in total. The van der Waals surface area contributed by atoms with Gasteiger partial charge in [-0.25, -0.2) is 0 Å². The van der Waals surface area contributed by atoms with Crippen LogP contribution in [0.2, 0.25) is 0 Å². The average Bonchev–Trinajstić information content (AvgIpc) is 2.82. The summed E-state index contributed by atoms with van der Waals surface area (Å²) in [5, 5.41) is 2.62. The van der Waals surface area contributed by atoms with E-state index in [-0.39, 0.29) is 25.0 Å². The second kappa shape index (κ2) is 3.63. The molecule has 0 spiro atoms. The van der Waals surface area contributed by atoms with Crippen LogP contribution >= 0.6 is 0 Å². The number of hydrogen-bond donors (Lipinski definition) is 1. The first-order valence-corrected chi connectivity index (χ1v) is 5.40. The van der Waals surface area contributed by atoms with Gasteiger partial charge in [0.15, 0.2) is 0 Å². The number of hydrogen-bond acceptors (Lipinski definition) is 2. The standard InChI is InChI=1S/C10H16F3NO/c1-7-2-3-8(15-7)6-14-9(4-5-9)10(11,12)13/h7-8,14H,2-6H2,1H3. The quantitative estimate of drug-likeness (QED) is 0.792. The van der Waals surface area contributed by atoms with Gasteiger partial charge in [0.25, 0.3) is 0 Å². The third-order valence-electron chi connectivity index (χ3n) is 3.28. The molecule has 1 heterocycles. The SMILES string of the molecule is CC1CCC(CNC2(C(F)(F)F)CC2)O1. The summed E-state index contributed by atoms with van der Waals surface area (Å²) in [7, 11) is 0. The first-order valence-electron chi connectivity index (χ1n) is 5.40. The molecule has 2 unspecified atom stereocenters. The van der Waals surface area contributed by atoms with Crippen LogP contribution in [-0.4, -0.2) is 30.5 Å². The monoisotopic (exact) mass is 223 g/mol. The van der Waals surface area contributed by atoms with Gasteiger partial charge in [-0.1, -0.05) is 0 Å². The van der Waals surface area contributed by atoms with E-state index < -0.39 is 11.7 Å². The Morgan fingerprint density at radius 2 is 2.00 bits per heavy atom. The molecule has 1 aliphatic heterocycles. The molecule has 0 aromatic rings. The van der Waals surface area contributed by atoms with E-state index in [1.807, 2.05) is 6.92 Å². The van der Waals surface area contributed by atoms with E-state index in [0.29, 0.717) is 6.54 Å². The van der Waals surface area contributed by atoms with Gasteiger partial charge in [-0.2, -0.15) is 13.2 Å². The predicted molar refractivity (Wildman–Crippen MR) is 49.6 cm³/mol. The van der Waals surface area contributed by atoms with Gasteiger partial charge >= 0.3 is 6.18 Å². The van der Waals surface area contributed by atoms with Crippen LogP contribution in [0, 0.1) is 0 Å². The van der Waals surface area contributed by atoms with Crippen LogP contribution < -0.4 is 5.32 Å². The molecule has 0 amide bonds. The van der Waals surface area contributed by atoms with Crippen molar-refractivity contribution in [1.29, 1.82) is 0 Å². The molecule has 2 fully saturated rings. The van der Waals surface area contributed by atoms with Crippen molar-refractivity contribution >= 4 is 0 Å². The summed E-state index contributed by atoms with van der Waals surface area (Å²) in [5.74, 6) is 0. The zero-order valence-electron chi connectivity index (χ0n) is 8.73. The Balaban J connectivity index is 1.79. The van der Waals surface area contributed by atoms with Gasteiger partial charge in [0.2, 0.25) is 0 Å². The number of alkyl halides is 3. The Kier molecular flexibility index (Phi) is 2.71. The van der Waals surface area contributed by atoms with Gasteiger partial charge in [-0.3, -0.25) is 0 Å². The zero-order valence-corrected chi connectivity index (χ0v) is 8.73. The number of rotatable bonds is 3. The Morgan fingerprint density at radius 3 is 2.40 bits per heavy atom. The Bertz CT molecular complexity index is 237. The fourth-order valence-electron chi connectivity index (χ4n) is 2.03. The summed E-state index contributed by atoms with van der Waals surface area (Å²) in [5.41, 5.74) is -1.60. The Morgan fingerprint density at radius 1 is 1.33 bits per heavy atom. The second-order valence-electron chi connectivity index (χ2n) is 4.61. The van der Waals surface area contributed by atoms with E-state index in [9.17, 15) is 13.2 Å². The van der Waals surface area contributed by atoms with Crippen LogP contribution in [0.15, 0.2) is 0 Å². The van der Waals surface area contributed by atoms with Gasteiger partial charge < -0.3 is 10.1 Å². The molecule has 15 heavy (non-hydrogen) atoms. The highest BCUT2D eigenvalue weighted by Gasteiger charge is 2.63. The molecule has 88 valence electrons. The molecule has 1 N–H and O–H groups in total. The van der Waals surface area contributed by atoms with Crippen LogP contribution in [0.25, 0.3) is 0 Å². The molecule has 0 radical (unpaired) electrons. The molecule has 2 aliphatic rings. The molecule has 1 saturated heterocycles. The molecule has 1 saturated carbocycles. The van der Waals surface area contributed by atoms with Crippen molar-refractivity contribution in [2.45, 2.75) is 56.5 Å². The minimum atomic E-state index is -4.11. The fraction of sp³-hybridized carbons (Fsp3) is 1.00. The maximum Gasteiger partial charge on any atom is 0.406 e. The maximum absolute atomic E-state index is 12.5. The normalized spacial score (nSPS) is 34.4. The van der Waals surface area contributed by atoms with Gasteiger partial charge in [0.05, 0.1) is 12.2 Å². The lowest BCUT2D eigenvalue weighted by Gasteiger charge is -2.22. The van der Waals surface area contributed by atoms with Gasteiger partial charge in [-0.15, -0.1) is 0 Å². The highest BCUT2D eigenvalue weighted by Crippen LogP contribution is 2.48.